The standard InChI is InChI=1S/C24H29ClN6O/c25-21-10-8-20(9-11-21)23(24-26-27-28-31(24)18-22-7-4-16-32-22)30-14-12-29(13-15-30)17-19-5-2-1-3-6-19/h1-3,5-6,8-11,22-23H,4,7,12-18H2/t22-,23+/m0/s1. The topological polar surface area (TPSA) is 59.3 Å². The fraction of sp³-hybridized carbons (Fsp3) is 0.458. The number of hydrogen-bond donors (Lipinski definition) is 0. The molecule has 2 aromatic carbocycles. The molecular formula is C24H29ClN6O. The van der Waals surface area contributed by atoms with Crippen LogP contribution >= 0.6 is 11.6 Å². The van der Waals surface area contributed by atoms with E-state index in [9.17, 15) is 0 Å². The normalized spacial score (nSPS) is 21.1. The minimum Gasteiger partial charge on any atom is -0.376 e. The molecule has 0 saturated carbocycles. The lowest BCUT2D eigenvalue weighted by Gasteiger charge is -2.39. The molecule has 0 unspecified atom stereocenters. The lowest BCUT2D eigenvalue weighted by atomic mass is 10.0. The zero-order valence-electron chi connectivity index (χ0n) is 18.2. The lowest BCUT2D eigenvalue weighted by Crippen LogP contribution is -2.48. The molecule has 168 valence electrons. The third-order valence-corrected chi connectivity index (χ3v) is 6.66. The minimum absolute atomic E-state index is 0.0115. The van der Waals surface area contributed by atoms with Gasteiger partial charge >= 0.3 is 0 Å². The number of ether oxygens (including phenoxy) is 1. The van der Waals surface area contributed by atoms with E-state index in [0.717, 1.165) is 68.6 Å². The Morgan fingerprint density at radius 3 is 2.50 bits per heavy atom. The van der Waals surface area contributed by atoms with E-state index in [1.165, 1.54) is 5.56 Å². The van der Waals surface area contributed by atoms with Crippen molar-refractivity contribution in [3.05, 3.63) is 76.6 Å². The smallest absolute Gasteiger partial charge is 0.173 e. The van der Waals surface area contributed by atoms with E-state index in [4.69, 9.17) is 16.3 Å². The van der Waals surface area contributed by atoms with Crippen LogP contribution in [0.5, 0.6) is 0 Å². The second-order valence-electron chi connectivity index (χ2n) is 8.61. The Morgan fingerprint density at radius 2 is 1.78 bits per heavy atom. The van der Waals surface area contributed by atoms with Gasteiger partial charge < -0.3 is 4.74 Å². The van der Waals surface area contributed by atoms with Gasteiger partial charge in [-0.2, -0.15) is 0 Å². The van der Waals surface area contributed by atoms with E-state index in [0.29, 0.717) is 6.54 Å². The molecule has 8 heteroatoms. The second-order valence-corrected chi connectivity index (χ2v) is 9.04. The van der Waals surface area contributed by atoms with Crippen molar-refractivity contribution in [3.8, 4) is 0 Å². The van der Waals surface area contributed by atoms with Gasteiger partial charge in [0.2, 0.25) is 0 Å². The molecule has 0 spiro atoms. The minimum atomic E-state index is -0.0115. The Hall–Kier alpha value is -2.32. The highest BCUT2D eigenvalue weighted by molar-refractivity contribution is 6.30. The van der Waals surface area contributed by atoms with Gasteiger partial charge in [-0.15, -0.1) is 5.10 Å². The molecule has 32 heavy (non-hydrogen) atoms. The van der Waals surface area contributed by atoms with E-state index >= 15 is 0 Å². The van der Waals surface area contributed by atoms with Gasteiger partial charge in [-0.3, -0.25) is 9.80 Å². The molecule has 2 fully saturated rings. The van der Waals surface area contributed by atoms with Crippen LogP contribution < -0.4 is 0 Å². The summed E-state index contributed by atoms with van der Waals surface area (Å²) in [6.45, 7) is 6.42. The van der Waals surface area contributed by atoms with Gasteiger partial charge in [-0.1, -0.05) is 54.1 Å². The molecule has 2 atom stereocenters. The van der Waals surface area contributed by atoms with Crippen molar-refractivity contribution in [1.82, 2.24) is 30.0 Å². The quantitative estimate of drug-likeness (QED) is 0.547. The van der Waals surface area contributed by atoms with E-state index in [2.05, 4.69) is 67.8 Å². The summed E-state index contributed by atoms with van der Waals surface area (Å²) in [6.07, 6.45) is 2.35. The van der Waals surface area contributed by atoms with E-state index < -0.39 is 0 Å². The third kappa shape index (κ3) is 5.02. The largest absolute Gasteiger partial charge is 0.376 e. The van der Waals surface area contributed by atoms with Crippen molar-refractivity contribution >= 4 is 11.6 Å². The first-order valence-electron chi connectivity index (χ1n) is 11.4. The van der Waals surface area contributed by atoms with Crippen LogP contribution in [0.2, 0.25) is 5.02 Å². The van der Waals surface area contributed by atoms with Gasteiger partial charge in [0.1, 0.15) is 0 Å². The van der Waals surface area contributed by atoms with Gasteiger partial charge in [0, 0.05) is 44.4 Å². The molecule has 2 saturated heterocycles. The Morgan fingerprint density at radius 1 is 1.00 bits per heavy atom. The van der Waals surface area contributed by atoms with Crippen LogP contribution in [0, 0.1) is 0 Å². The zero-order valence-corrected chi connectivity index (χ0v) is 18.9. The molecule has 0 radical (unpaired) electrons. The van der Waals surface area contributed by atoms with E-state index in [-0.39, 0.29) is 12.1 Å². The number of halogens is 1. The highest BCUT2D eigenvalue weighted by Gasteiger charge is 2.31. The van der Waals surface area contributed by atoms with Crippen LogP contribution in [0.25, 0.3) is 0 Å². The Bertz CT molecular complexity index is 981. The number of benzene rings is 2. The summed E-state index contributed by atoms with van der Waals surface area (Å²) in [7, 11) is 0. The van der Waals surface area contributed by atoms with Crippen molar-refractivity contribution in [2.75, 3.05) is 32.8 Å². The van der Waals surface area contributed by atoms with E-state index in [1.807, 2.05) is 16.8 Å². The zero-order chi connectivity index (χ0) is 21.8. The van der Waals surface area contributed by atoms with Gasteiger partial charge in [-0.05, 0) is 46.5 Å². The maximum absolute atomic E-state index is 6.19. The van der Waals surface area contributed by atoms with Crippen LogP contribution in [0.4, 0.5) is 0 Å². The number of aromatic nitrogens is 4. The number of piperazine rings is 1. The summed E-state index contributed by atoms with van der Waals surface area (Å²) in [6, 6.07) is 18.7. The van der Waals surface area contributed by atoms with Gasteiger partial charge in [-0.25, -0.2) is 4.68 Å². The third-order valence-electron chi connectivity index (χ3n) is 6.41. The Kier molecular flexibility index (Phi) is 6.78. The van der Waals surface area contributed by atoms with Gasteiger partial charge in [0.15, 0.2) is 5.82 Å². The number of rotatable bonds is 7. The number of nitrogens with zero attached hydrogens (tertiary/aromatic N) is 6. The molecule has 5 rings (SSSR count). The van der Waals surface area contributed by atoms with Gasteiger partial charge in [0.05, 0.1) is 18.7 Å². The average Bonchev–Trinajstić information content (AvgIpc) is 3.50. The molecule has 3 heterocycles. The number of tetrazole rings is 1. The fourth-order valence-electron chi connectivity index (χ4n) is 4.71. The summed E-state index contributed by atoms with van der Waals surface area (Å²) in [4.78, 5) is 5.00. The summed E-state index contributed by atoms with van der Waals surface area (Å²) in [5.41, 5.74) is 2.52. The molecule has 3 aromatic rings. The van der Waals surface area contributed by atoms with Crippen molar-refractivity contribution < 1.29 is 4.74 Å². The van der Waals surface area contributed by atoms with Crippen LogP contribution in [0.3, 0.4) is 0 Å². The maximum atomic E-state index is 6.19. The molecule has 1 aromatic heterocycles. The summed E-state index contributed by atoms with van der Waals surface area (Å²) >= 11 is 6.19. The molecule has 0 aliphatic carbocycles. The van der Waals surface area contributed by atoms with E-state index in [1.54, 1.807) is 0 Å². The Labute approximate surface area is 193 Å². The van der Waals surface area contributed by atoms with Gasteiger partial charge in [0.25, 0.3) is 0 Å². The maximum Gasteiger partial charge on any atom is 0.173 e. The van der Waals surface area contributed by atoms with Crippen LogP contribution in [-0.2, 0) is 17.8 Å². The molecule has 0 bridgehead atoms. The molecule has 0 amide bonds. The molecule has 2 aliphatic heterocycles. The second kappa shape index (κ2) is 10.1. The first kappa shape index (κ1) is 21.5. The summed E-state index contributed by atoms with van der Waals surface area (Å²) in [5, 5.41) is 13.6. The molecule has 7 nitrogen and oxygen atoms in total. The van der Waals surface area contributed by atoms with Crippen LogP contribution in [-0.4, -0.2) is 68.9 Å². The number of hydrogen-bond acceptors (Lipinski definition) is 6. The van der Waals surface area contributed by atoms with Crippen molar-refractivity contribution in [2.24, 2.45) is 0 Å². The molecule has 0 N–H and O–H groups in total. The predicted octanol–water partition coefficient (Wildman–Crippen LogP) is 3.41. The predicted molar refractivity (Wildman–Crippen MR) is 123 cm³/mol. The monoisotopic (exact) mass is 452 g/mol. The molecular weight excluding hydrogens is 424 g/mol. The van der Waals surface area contributed by atoms with Crippen molar-refractivity contribution in [3.63, 3.8) is 0 Å². The van der Waals surface area contributed by atoms with Crippen LogP contribution in [0.15, 0.2) is 54.6 Å². The highest BCUT2D eigenvalue weighted by Crippen LogP contribution is 2.30. The SMILES string of the molecule is Clc1ccc([C@H](c2nnnn2C[C@@H]2CCCO2)N2CCN(Cc3ccccc3)CC2)cc1. The summed E-state index contributed by atoms with van der Waals surface area (Å²) in [5.74, 6) is 0.874. The highest BCUT2D eigenvalue weighted by atomic mass is 35.5. The fourth-order valence-corrected chi connectivity index (χ4v) is 4.83. The first-order chi connectivity index (χ1) is 15.8. The van der Waals surface area contributed by atoms with Crippen LogP contribution in [0.1, 0.15) is 35.8 Å². The van der Waals surface area contributed by atoms with Crippen molar-refractivity contribution in [1.29, 1.82) is 0 Å². The summed E-state index contributed by atoms with van der Waals surface area (Å²) < 4.78 is 7.78. The lowest BCUT2D eigenvalue weighted by molar-refractivity contribution is 0.0842. The molecule has 2 aliphatic rings. The average molecular weight is 453 g/mol. The first-order valence-corrected chi connectivity index (χ1v) is 11.8. The van der Waals surface area contributed by atoms with Crippen molar-refractivity contribution in [2.45, 2.75) is 38.1 Å². The Balaban J connectivity index is 1.35.